The maximum absolute atomic E-state index is 13.9. The zero-order chi connectivity index (χ0) is 29.4. The standard InChI is InChI=1S/C29H40N4O6S2/c1-22-20-23(2)27-26(21-22)40-29(30-27)33(11-5-10-31-12-18-39-19-13-31)28(34)24-6-8-25(9-7-24)41(35,36)32(14-16-37-3)15-17-38-4/h6-9,20-21H,5,10-19H2,1-4H3. The summed E-state index contributed by atoms with van der Waals surface area (Å²) < 4.78 is 44.7. The smallest absolute Gasteiger partial charge is 0.260 e. The van der Waals surface area contributed by atoms with Crippen molar-refractivity contribution in [1.82, 2.24) is 14.2 Å². The van der Waals surface area contributed by atoms with E-state index in [-0.39, 0.29) is 37.1 Å². The van der Waals surface area contributed by atoms with Crippen LogP contribution in [0.1, 0.15) is 27.9 Å². The van der Waals surface area contributed by atoms with Crippen molar-refractivity contribution < 1.29 is 27.4 Å². The Balaban J connectivity index is 1.58. The maximum atomic E-state index is 13.9. The lowest BCUT2D eigenvalue weighted by molar-refractivity contribution is 0.0376. The molecule has 12 heteroatoms. The fourth-order valence-electron chi connectivity index (χ4n) is 4.85. The van der Waals surface area contributed by atoms with Gasteiger partial charge in [0.05, 0.1) is 41.5 Å². The number of methoxy groups -OCH3 is 2. The summed E-state index contributed by atoms with van der Waals surface area (Å²) in [6.45, 7) is 9.59. The van der Waals surface area contributed by atoms with Gasteiger partial charge in [-0.05, 0) is 61.7 Å². The van der Waals surface area contributed by atoms with Gasteiger partial charge in [0, 0.05) is 59.1 Å². The number of amides is 1. The first-order chi connectivity index (χ1) is 19.7. The average molecular weight is 605 g/mol. The maximum Gasteiger partial charge on any atom is 0.260 e. The van der Waals surface area contributed by atoms with Gasteiger partial charge in [-0.3, -0.25) is 14.6 Å². The highest BCUT2D eigenvalue weighted by Gasteiger charge is 2.26. The molecule has 0 N–H and O–H groups in total. The molecule has 0 bridgehead atoms. The summed E-state index contributed by atoms with van der Waals surface area (Å²) in [5, 5.41) is 0.641. The molecular weight excluding hydrogens is 564 g/mol. The highest BCUT2D eigenvalue weighted by atomic mass is 32.2. The molecule has 1 fully saturated rings. The molecular formula is C29H40N4O6S2. The van der Waals surface area contributed by atoms with Crippen molar-refractivity contribution in [3.63, 3.8) is 0 Å². The van der Waals surface area contributed by atoms with Gasteiger partial charge >= 0.3 is 0 Å². The molecule has 10 nitrogen and oxygen atoms in total. The number of benzene rings is 2. The lowest BCUT2D eigenvalue weighted by atomic mass is 10.1. The summed E-state index contributed by atoms with van der Waals surface area (Å²) in [7, 11) is -0.731. The number of thiazole rings is 1. The number of rotatable bonds is 14. The molecule has 0 atom stereocenters. The Labute approximate surface area is 246 Å². The van der Waals surface area contributed by atoms with Crippen LogP contribution >= 0.6 is 11.3 Å². The van der Waals surface area contributed by atoms with Crippen LogP contribution in [0.3, 0.4) is 0 Å². The third kappa shape index (κ3) is 7.89. The molecule has 0 spiro atoms. The molecule has 1 aromatic heterocycles. The van der Waals surface area contributed by atoms with Crippen molar-refractivity contribution in [3.05, 3.63) is 53.1 Å². The molecule has 2 aromatic carbocycles. The van der Waals surface area contributed by atoms with E-state index < -0.39 is 10.0 Å². The number of carbonyl (C=O) groups excluding carboxylic acids is 1. The van der Waals surface area contributed by atoms with Crippen LogP contribution in [-0.2, 0) is 24.2 Å². The minimum atomic E-state index is -3.79. The minimum absolute atomic E-state index is 0.117. The Hall–Kier alpha value is -2.45. The molecule has 1 aliphatic heterocycles. The molecule has 1 amide bonds. The van der Waals surface area contributed by atoms with E-state index in [1.165, 1.54) is 42.0 Å². The Bertz CT molecular complexity index is 1400. The predicted molar refractivity (Wildman–Crippen MR) is 162 cm³/mol. The van der Waals surface area contributed by atoms with Gasteiger partial charge in [-0.15, -0.1) is 0 Å². The SMILES string of the molecule is COCCN(CCOC)S(=O)(=O)c1ccc(C(=O)N(CCCN2CCOCC2)c2nc3c(C)cc(C)cc3s2)cc1. The van der Waals surface area contributed by atoms with Crippen LogP contribution in [0.4, 0.5) is 5.13 Å². The largest absolute Gasteiger partial charge is 0.383 e. The Kier molecular flexibility index (Phi) is 11.2. The molecule has 1 aliphatic rings. The molecule has 224 valence electrons. The molecule has 1 saturated heterocycles. The number of nitrogens with zero attached hydrogens (tertiary/aromatic N) is 4. The van der Waals surface area contributed by atoms with Crippen molar-refractivity contribution in [1.29, 1.82) is 0 Å². The summed E-state index contributed by atoms with van der Waals surface area (Å²) in [4.78, 5) is 23.0. The molecule has 0 aliphatic carbocycles. The quantitative estimate of drug-likeness (QED) is 0.275. The molecule has 4 rings (SSSR count). The number of ether oxygens (including phenoxy) is 3. The summed E-state index contributed by atoms with van der Waals surface area (Å²) in [5.74, 6) is -0.208. The van der Waals surface area contributed by atoms with Crippen LogP contribution < -0.4 is 4.90 Å². The van der Waals surface area contributed by atoms with Gasteiger partial charge < -0.3 is 14.2 Å². The molecule has 41 heavy (non-hydrogen) atoms. The van der Waals surface area contributed by atoms with E-state index in [9.17, 15) is 13.2 Å². The first-order valence-electron chi connectivity index (χ1n) is 13.8. The highest BCUT2D eigenvalue weighted by molar-refractivity contribution is 7.89. The van der Waals surface area contributed by atoms with Gasteiger partial charge in [0.25, 0.3) is 5.91 Å². The number of hydrogen-bond donors (Lipinski definition) is 0. The van der Waals surface area contributed by atoms with Gasteiger partial charge in [-0.25, -0.2) is 13.4 Å². The fraction of sp³-hybridized carbons (Fsp3) is 0.517. The van der Waals surface area contributed by atoms with E-state index in [1.807, 2.05) is 6.92 Å². The van der Waals surface area contributed by atoms with Crippen LogP contribution in [0.2, 0.25) is 0 Å². The summed E-state index contributed by atoms with van der Waals surface area (Å²) >= 11 is 1.50. The molecule has 0 radical (unpaired) electrons. The van der Waals surface area contributed by atoms with Crippen LogP contribution in [0, 0.1) is 13.8 Å². The van der Waals surface area contributed by atoms with E-state index in [2.05, 4.69) is 24.0 Å². The number of morpholine rings is 1. The minimum Gasteiger partial charge on any atom is -0.383 e. The third-order valence-electron chi connectivity index (χ3n) is 7.08. The van der Waals surface area contributed by atoms with E-state index in [0.717, 1.165) is 60.6 Å². The lowest BCUT2D eigenvalue weighted by Gasteiger charge is -2.27. The summed E-state index contributed by atoms with van der Waals surface area (Å²) in [6, 6.07) is 10.3. The topological polar surface area (TPSA) is 102 Å². The van der Waals surface area contributed by atoms with Crippen LogP contribution in [-0.4, -0.2) is 108 Å². The van der Waals surface area contributed by atoms with Crippen LogP contribution in [0.5, 0.6) is 0 Å². The average Bonchev–Trinajstić information content (AvgIpc) is 3.39. The number of hydrogen-bond acceptors (Lipinski definition) is 9. The zero-order valence-corrected chi connectivity index (χ0v) is 25.9. The molecule has 0 saturated carbocycles. The fourth-order valence-corrected chi connectivity index (χ4v) is 7.42. The zero-order valence-electron chi connectivity index (χ0n) is 24.3. The second-order valence-electron chi connectivity index (χ2n) is 10.1. The molecule has 3 aromatic rings. The number of fused-ring (bicyclic) bond motifs is 1. The molecule has 0 unspecified atom stereocenters. The number of sulfonamides is 1. The second kappa shape index (κ2) is 14.6. The number of carbonyl (C=O) groups is 1. The second-order valence-corrected chi connectivity index (χ2v) is 13.1. The Morgan fingerprint density at radius 3 is 2.32 bits per heavy atom. The van der Waals surface area contributed by atoms with Gasteiger partial charge in [-0.1, -0.05) is 17.4 Å². The number of aryl methyl sites for hydroxylation is 2. The van der Waals surface area contributed by atoms with Crippen molar-refractivity contribution in [2.24, 2.45) is 0 Å². The van der Waals surface area contributed by atoms with Gasteiger partial charge in [-0.2, -0.15) is 4.31 Å². The monoisotopic (exact) mass is 604 g/mol. The van der Waals surface area contributed by atoms with E-state index in [0.29, 0.717) is 17.2 Å². The Morgan fingerprint density at radius 2 is 1.68 bits per heavy atom. The van der Waals surface area contributed by atoms with Gasteiger partial charge in [0.15, 0.2) is 5.13 Å². The first-order valence-corrected chi connectivity index (χ1v) is 16.1. The first kappa shape index (κ1) is 31.5. The van der Waals surface area contributed by atoms with E-state index >= 15 is 0 Å². The highest BCUT2D eigenvalue weighted by Crippen LogP contribution is 2.32. The summed E-state index contributed by atoms with van der Waals surface area (Å²) in [5.41, 5.74) is 3.53. The lowest BCUT2D eigenvalue weighted by Crippen LogP contribution is -2.39. The molecule has 2 heterocycles. The van der Waals surface area contributed by atoms with Gasteiger partial charge in [0.2, 0.25) is 10.0 Å². The summed E-state index contributed by atoms with van der Waals surface area (Å²) in [6.07, 6.45) is 0.778. The van der Waals surface area contributed by atoms with Crippen molar-refractivity contribution in [3.8, 4) is 0 Å². The van der Waals surface area contributed by atoms with E-state index in [4.69, 9.17) is 19.2 Å². The van der Waals surface area contributed by atoms with Crippen molar-refractivity contribution in [2.45, 2.75) is 25.2 Å². The van der Waals surface area contributed by atoms with Crippen LogP contribution in [0.25, 0.3) is 10.2 Å². The number of aromatic nitrogens is 1. The van der Waals surface area contributed by atoms with E-state index in [1.54, 1.807) is 17.0 Å². The van der Waals surface area contributed by atoms with Gasteiger partial charge in [0.1, 0.15) is 0 Å². The van der Waals surface area contributed by atoms with Crippen molar-refractivity contribution >= 4 is 42.6 Å². The third-order valence-corrected chi connectivity index (χ3v) is 10.0. The predicted octanol–water partition coefficient (Wildman–Crippen LogP) is 3.57. The Morgan fingerprint density at radius 1 is 1.02 bits per heavy atom. The van der Waals surface area contributed by atoms with Crippen LogP contribution in [0.15, 0.2) is 41.3 Å². The van der Waals surface area contributed by atoms with Crippen molar-refractivity contribution in [2.75, 3.05) is 84.8 Å². The number of anilines is 1. The normalized spacial score (nSPS) is 14.7.